The van der Waals surface area contributed by atoms with Gasteiger partial charge in [-0.15, -0.1) is 0 Å². The van der Waals surface area contributed by atoms with Crippen molar-refractivity contribution >= 4 is 26.8 Å². The van der Waals surface area contributed by atoms with Crippen molar-refractivity contribution in [3.8, 4) is 0 Å². The minimum Gasteiger partial charge on any atom is -0.278 e. The number of aromatic nitrogens is 2. The van der Waals surface area contributed by atoms with Gasteiger partial charge >= 0.3 is 0 Å². The number of nitrogens with zero attached hydrogens (tertiary/aromatic N) is 1. The number of nitrogens with one attached hydrogen (secondary N) is 1. The molecule has 0 radical (unpaired) electrons. The van der Waals surface area contributed by atoms with Crippen molar-refractivity contribution in [2.75, 3.05) is 0 Å². The van der Waals surface area contributed by atoms with E-state index in [9.17, 15) is 4.39 Å². The summed E-state index contributed by atoms with van der Waals surface area (Å²) in [5, 5.41) is 7.47. The van der Waals surface area contributed by atoms with Crippen LogP contribution in [0.4, 0.5) is 4.39 Å². The van der Waals surface area contributed by atoms with Crippen LogP contribution in [0.1, 0.15) is 12.5 Å². The van der Waals surface area contributed by atoms with Gasteiger partial charge < -0.3 is 0 Å². The summed E-state index contributed by atoms with van der Waals surface area (Å²) in [6, 6.07) is 5.41. The Morgan fingerprint density at radius 3 is 3.00 bits per heavy atom. The Labute approximate surface area is 83.3 Å². The SMILES string of the molecule is CC(F)(Br)c1cccc2[nH]ncc12. The van der Waals surface area contributed by atoms with Crippen LogP contribution in [-0.4, -0.2) is 10.2 Å². The van der Waals surface area contributed by atoms with E-state index in [0.717, 1.165) is 10.9 Å². The first-order valence-electron chi connectivity index (χ1n) is 3.89. The van der Waals surface area contributed by atoms with Crippen molar-refractivity contribution in [2.45, 2.75) is 11.5 Å². The van der Waals surface area contributed by atoms with Crippen LogP contribution in [0, 0.1) is 0 Å². The topological polar surface area (TPSA) is 28.7 Å². The van der Waals surface area contributed by atoms with Crippen LogP contribution in [0.2, 0.25) is 0 Å². The van der Waals surface area contributed by atoms with Crippen molar-refractivity contribution in [3.63, 3.8) is 0 Å². The standard InChI is InChI=1S/C9H8BrFN2/c1-9(10,11)7-3-2-4-8-6(7)5-12-13-8/h2-5H,1H3,(H,12,13). The molecule has 0 saturated carbocycles. The molecule has 0 saturated heterocycles. The van der Waals surface area contributed by atoms with Gasteiger partial charge in [-0.05, 0) is 28.9 Å². The maximum Gasteiger partial charge on any atom is 0.188 e. The van der Waals surface area contributed by atoms with Gasteiger partial charge in [-0.25, -0.2) is 4.39 Å². The minimum absolute atomic E-state index is 0.596. The number of halogens is 2. The molecular formula is C9H8BrFN2. The van der Waals surface area contributed by atoms with Crippen LogP contribution < -0.4 is 0 Å². The van der Waals surface area contributed by atoms with Crippen LogP contribution in [0.25, 0.3) is 10.9 Å². The largest absolute Gasteiger partial charge is 0.278 e. The first-order chi connectivity index (χ1) is 6.09. The molecule has 1 aromatic carbocycles. The van der Waals surface area contributed by atoms with Gasteiger partial charge in [0, 0.05) is 10.9 Å². The van der Waals surface area contributed by atoms with Gasteiger partial charge in [0.05, 0.1) is 11.7 Å². The Bertz CT molecular complexity index is 430. The molecule has 0 fully saturated rings. The highest BCUT2D eigenvalue weighted by atomic mass is 79.9. The first-order valence-corrected chi connectivity index (χ1v) is 4.69. The molecular weight excluding hydrogens is 235 g/mol. The van der Waals surface area contributed by atoms with Gasteiger partial charge in [0.25, 0.3) is 0 Å². The number of benzene rings is 1. The summed E-state index contributed by atoms with van der Waals surface area (Å²) >= 11 is 2.98. The van der Waals surface area contributed by atoms with Crippen LogP contribution in [0.5, 0.6) is 0 Å². The predicted molar refractivity (Wildman–Crippen MR) is 53.5 cm³/mol. The average Bonchev–Trinajstić information content (AvgIpc) is 2.48. The molecule has 2 aromatic rings. The molecule has 1 heterocycles. The van der Waals surface area contributed by atoms with E-state index in [1.54, 1.807) is 18.3 Å². The predicted octanol–water partition coefficient (Wildman–Crippen LogP) is 3.10. The summed E-state index contributed by atoms with van der Waals surface area (Å²) in [5.74, 6) is 0. The molecule has 4 heteroatoms. The fourth-order valence-corrected chi connectivity index (χ4v) is 1.70. The number of aromatic amines is 1. The molecule has 0 aliphatic rings. The summed E-state index contributed by atoms with van der Waals surface area (Å²) in [4.78, 5) is 0. The van der Waals surface area contributed by atoms with Crippen molar-refractivity contribution in [3.05, 3.63) is 30.0 Å². The molecule has 13 heavy (non-hydrogen) atoms. The van der Waals surface area contributed by atoms with Crippen LogP contribution in [0.15, 0.2) is 24.4 Å². The highest BCUT2D eigenvalue weighted by molar-refractivity contribution is 9.09. The monoisotopic (exact) mass is 242 g/mol. The Kier molecular flexibility index (Phi) is 1.87. The molecule has 0 amide bonds. The van der Waals surface area contributed by atoms with Gasteiger partial charge in [-0.2, -0.15) is 5.10 Å². The molecule has 0 spiro atoms. The van der Waals surface area contributed by atoms with E-state index in [4.69, 9.17) is 0 Å². The van der Waals surface area contributed by atoms with E-state index in [2.05, 4.69) is 26.1 Å². The van der Waals surface area contributed by atoms with Crippen LogP contribution in [0.3, 0.4) is 0 Å². The molecule has 1 aromatic heterocycles. The van der Waals surface area contributed by atoms with Crippen molar-refractivity contribution < 1.29 is 4.39 Å². The summed E-state index contributed by atoms with van der Waals surface area (Å²) in [7, 11) is 0. The van der Waals surface area contributed by atoms with Gasteiger partial charge in [-0.3, -0.25) is 5.10 Å². The molecule has 0 aliphatic heterocycles. The average molecular weight is 243 g/mol. The fourth-order valence-electron chi connectivity index (χ4n) is 1.35. The lowest BCUT2D eigenvalue weighted by molar-refractivity contribution is 0.338. The Hall–Kier alpha value is -0.900. The fraction of sp³-hybridized carbons (Fsp3) is 0.222. The van der Waals surface area contributed by atoms with Gasteiger partial charge in [0.15, 0.2) is 4.58 Å². The highest BCUT2D eigenvalue weighted by Gasteiger charge is 2.23. The van der Waals surface area contributed by atoms with Crippen LogP contribution in [-0.2, 0) is 4.58 Å². The van der Waals surface area contributed by atoms with E-state index >= 15 is 0 Å². The maximum atomic E-state index is 13.6. The second-order valence-electron chi connectivity index (χ2n) is 3.03. The van der Waals surface area contributed by atoms with E-state index in [1.807, 2.05) is 6.07 Å². The zero-order valence-corrected chi connectivity index (χ0v) is 8.60. The Morgan fingerprint density at radius 1 is 1.54 bits per heavy atom. The zero-order chi connectivity index (χ0) is 9.47. The van der Waals surface area contributed by atoms with E-state index < -0.39 is 4.58 Å². The van der Waals surface area contributed by atoms with Crippen molar-refractivity contribution in [1.82, 2.24) is 10.2 Å². The Morgan fingerprint density at radius 2 is 2.31 bits per heavy atom. The zero-order valence-electron chi connectivity index (χ0n) is 7.01. The lowest BCUT2D eigenvalue weighted by Crippen LogP contribution is -2.04. The lowest BCUT2D eigenvalue weighted by atomic mass is 10.1. The highest BCUT2D eigenvalue weighted by Crippen LogP contribution is 2.36. The third-order valence-electron chi connectivity index (χ3n) is 1.96. The Balaban J connectivity index is 2.75. The summed E-state index contributed by atoms with van der Waals surface area (Å²) in [6.45, 7) is 1.47. The second kappa shape index (κ2) is 2.80. The van der Waals surface area contributed by atoms with Gasteiger partial charge in [-0.1, -0.05) is 12.1 Å². The van der Waals surface area contributed by atoms with Crippen molar-refractivity contribution in [1.29, 1.82) is 0 Å². The molecule has 1 N–H and O–H groups in total. The third-order valence-corrected chi connectivity index (χ3v) is 2.38. The molecule has 2 rings (SSSR count). The van der Waals surface area contributed by atoms with E-state index in [0.29, 0.717) is 5.56 Å². The molecule has 0 aliphatic carbocycles. The van der Waals surface area contributed by atoms with Crippen molar-refractivity contribution in [2.24, 2.45) is 0 Å². The van der Waals surface area contributed by atoms with E-state index in [-0.39, 0.29) is 0 Å². The van der Waals surface area contributed by atoms with Gasteiger partial charge in [0.2, 0.25) is 0 Å². The smallest absolute Gasteiger partial charge is 0.188 e. The summed E-state index contributed by atoms with van der Waals surface area (Å²) < 4.78 is 12.1. The quantitative estimate of drug-likeness (QED) is 0.766. The first kappa shape index (κ1) is 8.69. The molecule has 1 unspecified atom stereocenters. The lowest BCUT2D eigenvalue weighted by Gasteiger charge is -2.12. The molecule has 0 bridgehead atoms. The summed E-state index contributed by atoms with van der Waals surface area (Å²) in [6.07, 6.45) is 1.63. The number of H-pyrrole nitrogens is 1. The second-order valence-corrected chi connectivity index (χ2v) is 4.51. The summed E-state index contributed by atoms with van der Waals surface area (Å²) in [5.41, 5.74) is 1.44. The number of hydrogen-bond donors (Lipinski definition) is 1. The number of hydrogen-bond acceptors (Lipinski definition) is 1. The number of rotatable bonds is 1. The minimum atomic E-state index is -1.50. The molecule has 2 nitrogen and oxygen atoms in total. The third kappa shape index (κ3) is 1.46. The van der Waals surface area contributed by atoms with Crippen LogP contribution >= 0.6 is 15.9 Å². The number of fused-ring (bicyclic) bond motifs is 1. The van der Waals surface area contributed by atoms with E-state index in [1.165, 1.54) is 6.92 Å². The normalized spacial score (nSPS) is 15.9. The number of alkyl halides is 2. The van der Waals surface area contributed by atoms with Gasteiger partial charge in [0.1, 0.15) is 0 Å². The molecule has 68 valence electrons. The maximum absolute atomic E-state index is 13.6. The molecule has 1 atom stereocenters.